The molecule has 1 aromatic carbocycles. The lowest BCUT2D eigenvalue weighted by atomic mass is 10.1. The Kier molecular flexibility index (Phi) is 8.16. The summed E-state index contributed by atoms with van der Waals surface area (Å²) in [5.74, 6) is -0.841. The number of hydrogen-bond donors (Lipinski definition) is 0. The Morgan fingerprint density at radius 3 is 2.74 bits per heavy atom. The Morgan fingerprint density at radius 1 is 1.24 bits per heavy atom. The first kappa shape index (κ1) is 25.4. The summed E-state index contributed by atoms with van der Waals surface area (Å²) >= 11 is 3.31. The van der Waals surface area contributed by atoms with E-state index >= 15 is 0 Å². The van der Waals surface area contributed by atoms with Crippen LogP contribution in [-0.4, -0.2) is 48.7 Å². The lowest BCUT2D eigenvalue weighted by Crippen LogP contribution is -2.33. The topological polar surface area (TPSA) is 65.2 Å². The van der Waals surface area contributed by atoms with Crippen molar-refractivity contribution in [3.63, 3.8) is 0 Å². The fraction of sp³-hybridized carbons (Fsp3) is 0.350. The smallest absolute Gasteiger partial charge is 0.363 e. The highest BCUT2D eigenvalue weighted by molar-refractivity contribution is 14.2. The van der Waals surface area contributed by atoms with Crippen molar-refractivity contribution >= 4 is 46.1 Å². The first-order valence-corrected chi connectivity index (χ1v) is 15.2. The van der Waals surface area contributed by atoms with Crippen molar-refractivity contribution in [3.8, 4) is 0 Å². The molecule has 3 aromatic rings. The van der Waals surface area contributed by atoms with Crippen LogP contribution >= 0.6 is 40.2 Å². The number of amides is 1. The van der Waals surface area contributed by atoms with Crippen LogP contribution in [0, 0.1) is 5.82 Å². The van der Waals surface area contributed by atoms with Gasteiger partial charge in [0.05, 0.1) is 18.8 Å². The van der Waals surface area contributed by atoms with E-state index in [-0.39, 0.29) is 24.6 Å². The van der Waals surface area contributed by atoms with Crippen LogP contribution in [-0.2, 0) is 29.2 Å². The fourth-order valence-corrected chi connectivity index (χ4v) is 5.08. The van der Waals surface area contributed by atoms with Gasteiger partial charge in [0.2, 0.25) is 0 Å². The second-order valence-corrected chi connectivity index (χ2v) is 11.4. The molecule has 1 amide bonds. The highest BCUT2D eigenvalue weighted by atomic mass is 127. The van der Waals surface area contributed by atoms with Crippen LogP contribution in [0.5, 0.6) is 0 Å². The van der Waals surface area contributed by atoms with Crippen LogP contribution in [0.25, 0.3) is 0 Å². The maximum absolute atomic E-state index is 14.4. The van der Waals surface area contributed by atoms with Gasteiger partial charge in [-0.1, -0.05) is 46.5 Å². The third kappa shape index (κ3) is 6.29. The molecule has 0 radical (unpaired) electrons. The van der Waals surface area contributed by atoms with Crippen molar-refractivity contribution < 1.29 is 27.1 Å². The summed E-state index contributed by atoms with van der Waals surface area (Å²) in [5, 5.41) is 8.69. The largest absolute Gasteiger partial charge is 0.408 e. The number of halogens is 5. The molecule has 0 aliphatic carbocycles. The maximum Gasteiger partial charge on any atom is 0.408 e. The minimum Gasteiger partial charge on any atom is -0.363 e. The molecule has 7 nitrogen and oxygen atoms in total. The van der Waals surface area contributed by atoms with Crippen LogP contribution < -0.4 is 0 Å². The molecule has 0 fully saturated rings. The molecule has 3 heterocycles. The van der Waals surface area contributed by atoms with E-state index in [1.54, 1.807) is 29.3 Å². The normalized spacial score (nSPS) is 14.8. The van der Waals surface area contributed by atoms with E-state index in [2.05, 4.69) is 32.2 Å². The molecule has 14 heteroatoms. The average Bonchev–Trinajstić information content (AvgIpc) is 3.46. The predicted octanol–water partition coefficient (Wildman–Crippen LogP) is 4.97. The summed E-state index contributed by atoms with van der Waals surface area (Å²) in [6, 6.07) is 7.55. The summed E-state index contributed by atoms with van der Waals surface area (Å²) in [7, 11) is 0. The van der Waals surface area contributed by atoms with Gasteiger partial charge in [0.1, 0.15) is 17.4 Å². The van der Waals surface area contributed by atoms with Crippen LogP contribution in [0.1, 0.15) is 22.9 Å². The number of hydrogen-bond acceptors (Lipinski definition) is 5. The summed E-state index contributed by atoms with van der Waals surface area (Å²) < 4.78 is 60.1. The molecule has 0 spiro atoms. The Hall–Kier alpha value is -1.70. The van der Waals surface area contributed by atoms with Gasteiger partial charge in [0, 0.05) is 42.0 Å². The second-order valence-electron chi connectivity index (χ2n) is 7.41. The molecule has 4 rings (SSSR count). The molecular formula is C20H19F4IN5O2PS. The number of fused-ring (bicyclic) bond motifs is 1. The van der Waals surface area contributed by atoms with Crippen LogP contribution in [0.3, 0.4) is 0 Å². The van der Waals surface area contributed by atoms with Crippen molar-refractivity contribution in [2.75, 3.05) is 12.8 Å². The van der Waals surface area contributed by atoms with E-state index in [1.807, 2.05) is 0 Å². The van der Waals surface area contributed by atoms with Crippen LogP contribution in [0.2, 0.25) is 0 Å². The lowest BCUT2D eigenvalue weighted by molar-refractivity contribution is -0.145. The van der Waals surface area contributed by atoms with Crippen molar-refractivity contribution in [1.82, 2.24) is 23.9 Å². The van der Waals surface area contributed by atoms with Crippen LogP contribution in [0.4, 0.5) is 17.6 Å². The Balaban J connectivity index is 1.42. The molecule has 2 aromatic heterocycles. The van der Waals surface area contributed by atoms with E-state index < -0.39 is 24.6 Å². The molecule has 0 bridgehead atoms. The number of benzene rings is 1. The zero-order chi connectivity index (χ0) is 24.3. The zero-order valence-corrected chi connectivity index (χ0v) is 21.5. The van der Waals surface area contributed by atoms with Gasteiger partial charge >= 0.3 is 6.18 Å². The monoisotopic (exact) mass is 627 g/mol. The van der Waals surface area contributed by atoms with E-state index in [0.717, 1.165) is 28.4 Å². The van der Waals surface area contributed by atoms with E-state index in [0.29, 0.717) is 23.5 Å². The number of nitrogens with zero attached hydrogens (tertiary/aromatic N) is 5. The number of ether oxygens (including phenoxy) is 1. The number of carbonyl (C=O) groups excluding carboxylic acids is 1. The quantitative estimate of drug-likeness (QED) is 0.145. The van der Waals surface area contributed by atoms with Gasteiger partial charge in [0.15, 0.2) is 6.10 Å². The third-order valence-corrected chi connectivity index (χ3v) is 7.70. The summed E-state index contributed by atoms with van der Waals surface area (Å²) in [6.07, 6.45) is -1.03. The number of carbonyl (C=O) groups is 1. The minimum absolute atomic E-state index is 0.198. The van der Waals surface area contributed by atoms with Gasteiger partial charge in [-0.3, -0.25) is 9.48 Å². The number of rotatable bonds is 9. The Labute approximate surface area is 211 Å². The summed E-state index contributed by atoms with van der Waals surface area (Å²) in [4.78, 5) is 14.8. The molecular weight excluding hydrogens is 608 g/mol. The minimum atomic E-state index is -4.35. The van der Waals surface area contributed by atoms with Crippen molar-refractivity contribution in [2.24, 2.45) is 0 Å². The average molecular weight is 627 g/mol. The standard InChI is InChI=1S/C20H19F4IN5O2PS/c21-15-4-2-1-3-14(15)18(32-7-8-33-25)19(31)28-9-13-10-30(26-16(13)11-28)34-17-5-6-29(27-17)12-20(22,23)24/h1-6,10,18,33H,7-9,11-12H2. The molecule has 0 saturated heterocycles. The van der Waals surface area contributed by atoms with Gasteiger partial charge in [-0.25, -0.2) is 8.48 Å². The Morgan fingerprint density at radius 2 is 2.03 bits per heavy atom. The Bertz CT molecular complexity index is 1130. The van der Waals surface area contributed by atoms with Gasteiger partial charge in [-0.15, -0.1) is 0 Å². The summed E-state index contributed by atoms with van der Waals surface area (Å²) in [5.41, 5.74) is 1.66. The van der Waals surface area contributed by atoms with Crippen LogP contribution in [0.15, 0.2) is 47.8 Å². The zero-order valence-electron chi connectivity index (χ0n) is 17.5. The molecule has 0 N–H and O–H groups in total. The van der Waals surface area contributed by atoms with Gasteiger partial charge in [0.25, 0.3) is 5.91 Å². The van der Waals surface area contributed by atoms with E-state index in [1.165, 1.54) is 22.4 Å². The summed E-state index contributed by atoms with van der Waals surface area (Å²) in [6.45, 7) is -0.315. The molecule has 34 heavy (non-hydrogen) atoms. The lowest BCUT2D eigenvalue weighted by Gasteiger charge is -2.24. The molecule has 1 aliphatic rings. The van der Waals surface area contributed by atoms with Gasteiger partial charge in [-0.05, 0) is 18.3 Å². The predicted molar refractivity (Wildman–Crippen MR) is 128 cm³/mol. The van der Waals surface area contributed by atoms with Crippen molar-refractivity contribution in [3.05, 3.63) is 65.4 Å². The van der Waals surface area contributed by atoms with Gasteiger partial charge < -0.3 is 9.64 Å². The molecule has 2 unspecified atom stereocenters. The number of alkyl halides is 3. The number of aromatic nitrogens is 4. The third-order valence-electron chi connectivity index (χ3n) is 4.91. The van der Waals surface area contributed by atoms with E-state index in [9.17, 15) is 22.4 Å². The van der Waals surface area contributed by atoms with Crippen molar-refractivity contribution in [2.45, 2.75) is 36.9 Å². The van der Waals surface area contributed by atoms with Crippen molar-refractivity contribution in [1.29, 1.82) is 0 Å². The first-order chi connectivity index (χ1) is 16.2. The maximum atomic E-state index is 14.4. The molecule has 0 saturated carbocycles. The highest BCUT2D eigenvalue weighted by Crippen LogP contribution is 2.31. The van der Waals surface area contributed by atoms with E-state index in [4.69, 9.17) is 4.74 Å². The fourth-order valence-electron chi connectivity index (χ4n) is 3.45. The van der Waals surface area contributed by atoms with Gasteiger partial charge in [-0.2, -0.15) is 23.4 Å². The molecule has 2 atom stereocenters. The highest BCUT2D eigenvalue weighted by Gasteiger charge is 2.34. The second kappa shape index (κ2) is 10.9. The molecule has 1 aliphatic heterocycles. The SMILES string of the molecule is O=C(C(OCCPI)c1ccccc1F)N1Cc2cn(Sc3ccn(CC(F)(F)F)n3)nc2C1. The molecule has 182 valence electrons. The first-order valence-electron chi connectivity index (χ1n) is 10.1.